The average Bonchev–Trinajstić information content (AvgIpc) is 3.13. The van der Waals surface area contributed by atoms with Crippen molar-refractivity contribution in [3.63, 3.8) is 0 Å². The number of hydrogen-bond donors (Lipinski definition) is 3. The number of aromatic nitrogens is 1. The minimum Gasteiger partial charge on any atom is -0.444 e. The molecule has 2 amide bonds. The molecule has 1 saturated heterocycles. The summed E-state index contributed by atoms with van der Waals surface area (Å²) in [4.78, 5) is 28.2. The molecule has 0 unspecified atom stereocenters. The molecule has 0 atom stereocenters. The lowest BCUT2D eigenvalue weighted by Crippen LogP contribution is -2.70. The third kappa shape index (κ3) is 5.09. The Morgan fingerprint density at radius 1 is 1.08 bits per heavy atom. The number of fused-ring (bicyclic) bond motifs is 1. The van der Waals surface area contributed by atoms with Crippen molar-refractivity contribution in [3.8, 4) is 11.3 Å². The molecule has 2 heterocycles. The maximum absolute atomic E-state index is 14.6. The number of halogens is 3. The second-order valence-electron chi connectivity index (χ2n) is 11.2. The summed E-state index contributed by atoms with van der Waals surface area (Å²) in [5, 5.41) is 6.01. The van der Waals surface area contributed by atoms with Gasteiger partial charge in [-0.05, 0) is 86.9 Å². The highest BCUT2D eigenvalue weighted by Gasteiger charge is 2.48. The van der Waals surface area contributed by atoms with Crippen LogP contribution in [-0.4, -0.2) is 47.9 Å². The van der Waals surface area contributed by atoms with Crippen LogP contribution in [0.15, 0.2) is 36.4 Å². The first kappa shape index (κ1) is 26.1. The smallest absolute Gasteiger partial charge is 0.408 e. The monoisotopic (exact) mass is 529 g/mol. The fraction of sp³-hybridized carbons (Fsp3) is 0.429. The van der Waals surface area contributed by atoms with E-state index < -0.39 is 28.9 Å². The molecule has 7 nitrogen and oxygen atoms in total. The molecule has 1 aliphatic heterocycles. The molecule has 38 heavy (non-hydrogen) atoms. The van der Waals surface area contributed by atoms with E-state index in [1.807, 2.05) is 0 Å². The number of carbonyl (C=O) groups excluding carboxylic acids is 2. The minimum absolute atomic E-state index is 0.00668. The van der Waals surface area contributed by atoms with E-state index in [1.165, 1.54) is 18.2 Å². The molecule has 3 N–H and O–H groups in total. The van der Waals surface area contributed by atoms with Crippen molar-refractivity contribution < 1.29 is 32.2 Å². The van der Waals surface area contributed by atoms with Crippen LogP contribution in [0, 0.1) is 23.4 Å². The Morgan fingerprint density at radius 2 is 1.76 bits per heavy atom. The van der Waals surface area contributed by atoms with Crippen LogP contribution < -0.4 is 10.6 Å². The third-order valence-corrected chi connectivity index (χ3v) is 7.06. The maximum Gasteiger partial charge on any atom is 0.408 e. The molecular formula is C28H30F3N3O4. The first-order valence-corrected chi connectivity index (χ1v) is 12.6. The molecule has 2 aromatic carbocycles. The van der Waals surface area contributed by atoms with Gasteiger partial charge in [-0.15, -0.1) is 0 Å². The van der Waals surface area contributed by atoms with Crippen molar-refractivity contribution in [2.45, 2.75) is 50.7 Å². The molecule has 1 aromatic heterocycles. The molecule has 5 rings (SSSR count). The van der Waals surface area contributed by atoms with Crippen LogP contribution in [0.5, 0.6) is 0 Å². The lowest BCUT2D eigenvalue weighted by molar-refractivity contribution is -0.148. The van der Waals surface area contributed by atoms with Crippen LogP contribution in [0.2, 0.25) is 0 Å². The lowest BCUT2D eigenvalue weighted by atomic mass is 9.70. The van der Waals surface area contributed by atoms with E-state index in [-0.39, 0.29) is 42.3 Å². The lowest BCUT2D eigenvalue weighted by Gasteiger charge is -2.41. The SMILES string of the molecule is CC(C)(C)OC(=O)NC1(C(=O)NC[C@H]2C[C@H](c3c(-c4ccc(F)cc4)[nH]c4c(F)cc(F)cc43)C2)COC1. The van der Waals surface area contributed by atoms with E-state index in [0.717, 1.165) is 11.6 Å². The fourth-order valence-electron chi connectivity index (χ4n) is 5.12. The number of amides is 2. The summed E-state index contributed by atoms with van der Waals surface area (Å²) >= 11 is 0. The van der Waals surface area contributed by atoms with Crippen molar-refractivity contribution in [1.29, 1.82) is 0 Å². The number of carbonyl (C=O) groups is 2. The van der Waals surface area contributed by atoms with Crippen LogP contribution >= 0.6 is 0 Å². The maximum atomic E-state index is 14.6. The summed E-state index contributed by atoms with van der Waals surface area (Å²) in [5.41, 5.74) is 0.417. The van der Waals surface area contributed by atoms with Gasteiger partial charge in [-0.1, -0.05) is 0 Å². The number of benzene rings is 2. The van der Waals surface area contributed by atoms with Gasteiger partial charge in [-0.2, -0.15) is 0 Å². The highest BCUT2D eigenvalue weighted by molar-refractivity contribution is 5.92. The fourth-order valence-corrected chi connectivity index (χ4v) is 5.12. The molecule has 10 heteroatoms. The van der Waals surface area contributed by atoms with Crippen LogP contribution in [-0.2, 0) is 14.3 Å². The molecule has 1 aliphatic carbocycles. The van der Waals surface area contributed by atoms with Gasteiger partial charge in [0, 0.05) is 18.0 Å². The summed E-state index contributed by atoms with van der Waals surface area (Å²) in [7, 11) is 0. The highest BCUT2D eigenvalue weighted by atomic mass is 19.1. The zero-order chi connectivity index (χ0) is 27.2. The number of aromatic amines is 1. The highest BCUT2D eigenvalue weighted by Crippen LogP contribution is 2.48. The molecule has 1 saturated carbocycles. The van der Waals surface area contributed by atoms with Gasteiger partial charge in [0.2, 0.25) is 0 Å². The third-order valence-electron chi connectivity index (χ3n) is 7.06. The van der Waals surface area contributed by atoms with Crippen molar-refractivity contribution in [2.24, 2.45) is 5.92 Å². The van der Waals surface area contributed by atoms with Crippen LogP contribution in [0.1, 0.15) is 45.1 Å². The van der Waals surface area contributed by atoms with Crippen LogP contribution in [0.25, 0.3) is 22.2 Å². The van der Waals surface area contributed by atoms with Gasteiger partial charge in [-0.25, -0.2) is 18.0 Å². The Hall–Kier alpha value is -3.53. The molecule has 2 fully saturated rings. The van der Waals surface area contributed by atoms with Gasteiger partial charge in [0.25, 0.3) is 5.91 Å². The van der Waals surface area contributed by atoms with Gasteiger partial charge >= 0.3 is 6.09 Å². The molecule has 2 aliphatic rings. The number of H-pyrrole nitrogens is 1. The molecule has 0 spiro atoms. The zero-order valence-corrected chi connectivity index (χ0v) is 21.4. The Kier molecular flexibility index (Phi) is 6.63. The Bertz CT molecular complexity index is 1370. The Labute approximate surface area is 218 Å². The normalized spacial score (nSPS) is 20.4. The first-order chi connectivity index (χ1) is 17.9. The molecule has 0 bridgehead atoms. The van der Waals surface area contributed by atoms with E-state index in [0.29, 0.717) is 36.0 Å². The van der Waals surface area contributed by atoms with E-state index in [1.54, 1.807) is 32.9 Å². The predicted octanol–water partition coefficient (Wildman–Crippen LogP) is 5.16. The second-order valence-corrected chi connectivity index (χ2v) is 11.2. The number of rotatable bonds is 6. The van der Waals surface area contributed by atoms with Gasteiger partial charge in [0.15, 0.2) is 5.54 Å². The molecular weight excluding hydrogens is 499 g/mol. The quantitative estimate of drug-likeness (QED) is 0.412. The van der Waals surface area contributed by atoms with Gasteiger partial charge in [0.05, 0.1) is 24.4 Å². The molecule has 0 radical (unpaired) electrons. The standard InChI is InChI=1S/C28H30F3N3O4/c1-27(2,3)38-26(36)34-28(13-37-14-28)25(35)32-12-15-8-17(9-15)22-20-10-19(30)11-21(31)24(20)33-23(22)16-4-6-18(29)7-5-16/h4-7,10-11,15,17,33H,8-9,12-14H2,1-3H3,(H,32,35)(H,34,36)/t15-,17-. The van der Waals surface area contributed by atoms with E-state index in [9.17, 15) is 22.8 Å². The summed E-state index contributed by atoms with van der Waals surface area (Å²) < 4.78 is 52.8. The van der Waals surface area contributed by atoms with Crippen LogP contribution in [0.4, 0.5) is 18.0 Å². The van der Waals surface area contributed by atoms with Crippen molar-refractivity contribution >= 4 is 22.9 Å². The Balaban J connectivity index is 1.28. The van der Waals surface area contributed by atoms with E-state index in [4.69, 9.17) is 9.47 Å². The largest absolute Gasteiger partial charge is 0.444 e. The Morgan fingerprint density at radius 3 is 2.37 bits per heavy atom. The summed E-state index contributed by atoms with van der Waals surface area (Å²) in [6.07, 6.45) is 0.678. The van der Waals surface area contributed by atoms with E-state index >= 15 is 0 Å². The predicted molar refractivity (Wildman–Crippen MR) is 135 cm³/mol. The number of alkyl carbamates (subject to hydrolysis) is 1. The van der Waals surface area contributed by atoms with Gasteiger partial charge < -0.3 is 25.1 Å². The van der Waals surface area contributed by atoms with Crippen molar-refractivity contribution in [3.05, 3.63) is 59.4 Å². The number of hydrogen-bond acceptors (Lipinski definition) is 4. The van der Waals surface area contributed by atoms with E-state index in [2.05, 4.69) is 15.6 Å². The van der Waals surface area contributed by atoms with Gasteiger partial charge in [-0.3, -0.25) is 4.79 Å². The second kappa shape index (κ2) is 9.65. The number of ether oxygens (including phenoxy) is 2. The van der Waals surface area contributed by atoms with Crippen molar-refractivity contribution in [1.82, 2.24) is 15.6 Å². The summed E-state index contributed by atoms with van der Waals surface area (Å²) in [6.45, 7) is 5.70. The van der Waals surface area contributed by atoms with Gasteiger partial charge in [0.1, 0.15) is 23.1 Å². The topological polar surface area (TPSA) is 92.5 Å². The first-order valence-electron chi connectivity index (χ1n) is 12.6. The molecule has 3 aromatic rings. The van der Waals surface area contributed by atoms with Crippen molar-refractivity contribution in [2.75, 3.05) is 19.8 Å². The van der Waals surface area contributed by atoms with Crippen LogP contribution in [0.3, 0.4) is 0 Å². The summed E-state index contributed by atoms with van der Waals surface area (Å²) in [5.74, 6) is -1.97. The molecule has 202 valence electrons. The zero-order valence-electron chi connectivity index (χ0n) is 21.4. The summed E-state index contributed by atoms with van der Waals surface area (Å²) in [6, 6.07) is 8.01. The minimum atomic E-state index is -1.17. The number of nitrogens with one attached hydrogen (secondary N) is 3. The average molecular weight is 530 g/mol.